The number of unbranched alkanes of at least 4 members (excludes halogenated alkanes) is 3. The molecule has 3 nitrogen and oxygen atoms in total. The van der Waals surface area contributed by atoms with Crippen molar-refractivity contribution in [2.75, 3.05) is 25.1 Å². The molecule has 1 heterocycles. The zero-order chi connectivity index (χ0) is 11.1. The minimum Gasteiger partial charge on any atom is -0.336 e. The van der Waals surface area contributed by atoms with Gasteiger partial charge >= 0.3 is 0 Å². The molecule has 0 aromatic heterocycles. The summed E-state index contributed by atoms with van der Waals surface area (Å²) in [5.74, 6) is 0.748. The molecule has 1 amide bonds. The highest BCUT2D eigenvalue weighted by atomic mass is 32.2. The van der Waals surface area contributed by atoms with E-state index < -0.39 is 0 Å². The number of nitrogens with zero attached hydrogens (tertiary/aromatic N) is 1. The second-order valence-electron chi connectivity index (χ2n) is 3.87. The molecule has 1 fully saturated rings. The number of hydrogen-bond acceptors (Lipinski definition) is 3. The van der Waals surface area contributed by atoms with Crippen LogP contribution in [0, 0.1) is 0 Å². The third-order valence-corrected chi connectivity index (χ3v) is 3.36. The third kappa shape index (κ3) is 4.24. The average molecular weight is 229 g/mol. The van der Waals surface area contributed by atoms with Gasteiger partial charge in [-0.1, -0.05) is 12.8 Å². The highest BCUT2D eigenvalue weighted by molar-refractivity contribution is 7.98. The van der Waals surface area contributed by atoms with E-state index in [0.717, 1.165) is 13.0 Å². The van der Waals surface area contributed by atoms with E-state index in [1.54, 1.807) is 4.90 Å². The highest BCUT2D eigenvalue weighted by Gasteiger charge is 2.28. The number of likely N-dealkylation sites (tertiary alicyclic amines) is 1. The van der Waals surface area contributed by atoms with Crippen molar-refractivity contribution < 1.29 is 9.59 Å². The molecule has 0 unspecified atom stereocenters. The topological polar surface area (TPSA) is 37.4 Å². The lowest BCUT2D eigenvalue weighted by Crippen LogP contribution is -2.28. The summed E-state index contributed by atoms with van der Waals surface area (Å²) in [6.07, 6.45) is 7.23. The van der Waals surface area contributed by atoms with Gasteiger partial charge in [0.15, 0.2) is 0 Å². The van der Waals surface area contributed by atoms with Gasteiger partial charge in [-0.3, -0.25) is 9.59 Å². The largest absolute Gasteiger partial charge is 0.336 e. The quantitative estimate of drug-likeness (QED) is 0.492. The number of Topliss-reactive ketones (excluding diaryl/α,β-unsaturated/α-hetero) is 1. The molecular weight excluding hydrogens is 210 g/mol. The van der Waals surface area contributed by atoms with Crippen molar-refractivity contribution in [1.82, 2.24) is 4.90 Å². The molecule has 0 bridgehead atoms. The molecule has 1 aliphatic rings. The monoisotopic (exact) mass is 229 g/mol. The molecule has 0 radical (unpaired) electrons. The molecule has 0 aromatic rings. The van der Waals surface area contributed by atoms with E-state index in [-0.39, 0.29) is 11.7 Å². The molecule has 4 heteroatoms. The SMILES string of the molecule is CSCCCCCCN1CCC(=O)C1=O. The van der Waals surface area contributed by atoms with Gasteiger partial charge in [0.1, 0.15) is 0 Å². The standard InChI is InChI=1S/C11H19NO2S/c1-15-9-5-3-2-4-7-12-8-6-10(13)11(12)14/h2-9H2,1H3. The Balaban J connectivity index is 2.01. The van der Waals surface area contributed by atoms with Gasteiger partial charge in [0.05, 0.1) is 0 Å². The number of amides is 1. The molecule has 0 aromatic carbocycles. The first-order valence-electron chi connectivity index (χ1n) is 5.56. The Bertz CT molecular complexity index is 231. The first-order valence-corrected chi connectivity index (χ1v) is 6.96. The summed E-state index contributed by atoms with van der Waals surface area (Å²) in [7, 11) is 0. The Morgan fingerprint density at radius 2 is 1.93 bits per heavy atom. The minimum absolute atomic E-state index is 0.211. The third-order valence-electron chi connectivity index (χ3n) is 2.66. The van der Waals surface area contributed by atoms with E-state index in [4.69, 9.17) is 0 Å². The molecule has 0 atom stereocenters. The minimum atomic E-state index is -0.265. The van der Waals surface area contributed by atoms with Crippen molar-refractivity contribution in [3.05, 3.63) is 0 Å². The summed E-state index contributed by atoms with van der Waals surface area (Å²) in [5.41, 5.74) is 0. The molecule has 86 valence electrons. The smallest absolute Gasteiger partial charge is 0.290 e. The van der Waals surface area contributed by atoms with Crippen LogP contribution in [0.1, 0.15) is 32.1 Å². The molecule has 1 rings (SSSR count). The average Bonchev–Trinajstić information content (AvgIpc) is 2.54. The summed E-state index contributed by atoms with van der Waals surface area (Å²) in [4.78, 5) is 23.9. The summed E-state index contributed by atoms with van der Waals surface area (Å²) in [6.45, 7) is 1.41. The Labute approximate surface area is 95.6 Å². The van der Waals surface area contributed by atoms with Crippen molar-refractivity contribution in [1.29, 1.82) is 0 Å². The Hall–Kier alpha value is -0.510. The van der Waals surface area contributed by atoms with Crippen molar-refractivity contribution in [3.8, 4) is 0 Å². The van der Waals surface area contributed by atoms with Crippen molar-refractivity contribution >= 4 is 23.5 Å². The summed E-state index contributed by atoms with van der Waals surface area (Å²) in [6, 6.07) is 0. The predicted octanol–water partition coefficient (Wildman–Crippen LogP) is 1.71. The molecule has 0 saturated carbocycles. The van der Waals surface area contributed by atoms with Crippen molar-refractivity contribution in [3.63, 3.8) is 0 Å². The molecule has 0 spiro atoms. The summed E-state index contributed by atoms with van der Waals surface area (Å²) < 4.78 is 0. The van der Waals surface area contributed by atoms with Gasteiger partial charge in [0, 0.05) is 19.5 Å². The summed E-state index contributed by atoms with van der Waals surface area (Å²) >= 11 is 1.88. The van der Waals surface area contributed by atoms with Crippen LogP contribution in [0.15, 0.2) is 0 Å². The first kappa shape index (κ1) is 12.6. The van der Waals surface area contributed by atoms with Gasteiger partial charge in [0.2, 0.25) is 5.78 Å². The van der Waals surface area contributed by atoms with Crippen molar-refractivity contribution in [2.24, 2.45) is 0 Å². The molecule has 1 saturated heterocycles. The van der Waals surface area contributed by atoms with Crippen LogP contribution in [0.25, 0.3) is 0 Å². The number of rotatable bonds is 7. The number of carbonyl (C=O) groups is 2. The Morgan fingerprint density at radius 1 is 1.20 bits per heavy atom. The van der Waals surface area contributed by atoms with Crippen LogP contribution in [0.4, 0.5) is 0 Å². The van der Waals surface area contributed by atoms with Crippen LogP contribution in [0.3, 0.4) is 0 Å². The second kappa shape index (κ2) is 6.88. The van der Waals surface area contributed by atoms with Gasteiger partial charge < -0.3 is 4.90 Å². The van der Waals surface area contributed by atoms with Gasteiger partial charge in [-0.2, -0.15) is 11.8 Å². The number of carbonyl (C=O) groups excluding carboxylic acids is 2. The van der Waals surface area contributed by atoms with Crippen molar-refractivity contribution in [2.45, 2.75) is 32.1 Å². The van der Waals surface area contributed by atoms with Crippen LogP contribution in [0.5, 0.6) is 0 Å². The van der Waals surface area contributed by atoms with E-state index in [1.807, 2.05) is 11.8 Å². The molecule has 15 heavy (non-hydrogen) atoms. The Morgan fingerprint density at radius 3 is 2.53 bits per heavy atom. The normalized spacial score (nSPS) is 16.5. The van der Waals surface area contributed by atoms with Gasteiger partial charge in [0.25, 0.3) is 5.91 Å². The molecule has 0 aliphatic carbocycles. The number of hydrogen-bond donors (Lipinski definition) is 0. The van der Waals surface area contributed by atoms with E-state index in [1.165, 1.54) is 25.0 Å². The van der Waals surface area contributed by atoms with Crippen LogP contribution < -0.4 is 0 Å². The van der Waals surface area contributed by atoms with E-state index in [0.29, 0.717) is 13.0 Å². The maximum Gasteiger partial charge on any atom is 0.290 e. The lowest BCUT2D eigenvalue weighted by atomic mass is 10.2. The fourth-order valence-electron chi connectivity index (χ4n) is 1.74. The fourth-order valence-corrected chi connectivity index (χ4v) is 2.23. The first-order chi connectivity index (χ1) is 7.25. The second-order valence-corrected chi connectivity index (χ2v) is 4.86. The van der Waals surface area contributed by atoms with Crippen LogP contribution >= 0.6 is 11.8 Å². The highest BCUT2D eigenvalue weighted by Crippen LogP contribution is 2.10. The van der Waals surface area contributed by atoms with Gasteiger partial charge in [-0.05, 0) is 24.9 Å². The summed E-state index contributed by atoms with van der Waals surface area (Å²) in [5, 5.41) is 0. The van der Waals surface area contributed by atoms with E-state index in [2.05, 4.69) is 6.26 Å². The maximum atomic E-state index is 11.2. The number of ketones is 1. The number of thioether (sulfide) groups is 1. The molecule has 1 aliphatic heterocycles. The van der Waals surface area contributed by atoms with Crippen LogP contribution in [-0.4, -0.2) is 41.7 Å². The zero-order valence-electron chi connectivity index (χ0n) is 9.33. The van der Waals surface area contributed by atoms with Crippen LogP contribution in [-0.2, 0) is 9.59 Å². The lowest BCUT2D eigenvalue weighted by Gasteiger charge is -2.13. The molecular formula is C11H19NO2S. The molecule has 0 N–H and O–H groups in total. The van der Waals surface area contributed by atoms with Gasteiger partial charge in [-0.25, -0.2) is 0 Å². The van der Waals surface area contributed by atoms with Gasteiger partial charge in [-0.15, -0.1) is 0 Å². The fraction of sp³-hybridized carbons (Fsp3) is 0.818. The maximum absolute atomic E-state index is 11.2. The predicted molar refractivity (Wildman–Crippen MR) is 63.1 cm³/mol. The lowest BCUT2D eigenvalue weighted by molar-refractivity contribution is -0.140. The Kier molecular flexibility index (Phi) is 5.76. The van der Waals surface area contributed by atoms with E-state index in [9.17, 15) is 9.59 Å². The van der Waals surface area contributed by atoms with E-state index >= 15 is 0 Å². The van der Waals surface area contributed by atoms with Crippen LogP contribution in [0.2, 0.25) is 0 Å². The zero-order valence-corrected chi connectivity index (χ0v) is 10.1.